The lowest BCUT2D eigenvalue weighted by Crippen LogP contribution is -2.54. The SMILES string of the molecule is CC[Si](Cl)(C(C)(C)C)C(C)(C)c1ccccc1. The quantitative estimate of drug-likeness (QED) is 0.501. The largest absolute Gasteiger partial charge is 0.171 e. The Morgan fingerprint density at radius 2 is 1.47 bits per heavy atom. The van der Waals surface area contributed by atoms with E-state index in [4.69, 9.17) is 11.1 Å². The Labute approximate surface area is 112 Å². The molecular formula is C15H25ClSi. The topological polar surface area (TPSA) is 0 Å². The van der Waals surface area contributed by atoms with Crippen molar-refractivity contribution in [1.29, 1.82) is 0 Å². The van der Waals surface area contributed by atoms with E-state index in [2.05, 4.69) is 71.9 Å². The van der Waals surface area contributed by atoms with Crippen LogP contribution in [-0.2, 0) is 5.04 Å². The first kappa shape index (κ1) is 14.8. The molecule has 2 heteroatoms. The van der Waals surface area contributed by atoms with Crippen molar-refractivity contribution in [3.05, 3.63) is 35.9 Å². The van der Waals surface area contributed by atoms with Crippen molar-refractivity contribution in [1.82, 2.24) is 0 Å². The van der Waals surface area contributed by atoms with Gasteiger partial charge in [0.2, 0.25) is 0 Å². The normalized spacial score (nSPS) is 16.6. The molecule has 96 valence electrons. The van der Waals surface area contributed by atoms with Crippen LogP contribution in [0.1, 0.15) is 47.1 Å². The minimum Gasteiger partial charge on any atom is -0.166 e. The van der Waals surface area contributed by atoms with Crippen molar-refractivity contribution in [2.24, 2.45) is 0 Å². The van der Waals surface area contributed by atoms with E-state index in [0.717, 1.165) is 6.04 Å². The van der Waals surface area contributed by atoms with Crippen LogP contribution >= 0.6 is 11.1 Å². The summed E-state index contributed by atoms with van der Waals surface area (Å²) in [4.78, 5) is 0. The van der Waals surface area contributed by atoms with E-state index in [-0.39, 0.29) is 10.1 Å². The number of benzene rings is 1. The van der Waals surface area contributed by atoms with Gasteiger partial charge in [0.05, 0.1) is 0 Å². The van der Waals surface area contributed by atoms with Gasteiger partial charge in [-0.05, 0) is 21.7 Å². The van der Waals surface area contributed by atoms with Crippen LogP contribution in [0, 0.1) is 0 Å². The summed E-state index contributed by atoms with van der Waals surface area (Å²) >= 11 is 7.16. The fraction of sp³-hybridized carbons (Fsp3) is 0.600. The highest BCUT2D eigenvalue weighted by atomic mass is 35.6. The molecule has 17 heavy (non-hydrogen) atoms. The molecule has 1 aromatic rings. The first-order chi connectivity index (χ1) is 7.67. The lowest BCUT2D eigenvalue weighted by atomic mass is 10.0. The van der Waals surface area contributed by atoms with Gasteiger partial charge in [0, 0.05) is 0 Å². The smallest absolute Gasteiger partial charge is 0.166 e. The average Bonchev–Trinajstić information content (AvgIpc) is 2.27. The highest BCUT2D eigenvalue weighted by Gasteiger charge is 2.53. The standard InChI is InChI=1S/C15H25ClSi/c1-7-17(16,14(2,3)4)15(5,6)13-11-9-8-10-12-13/h8-12H,7H2,1-6H3. The van der Waals surface area contributed by atoms with Crippen molar-refractivity contribution in [2.75, 3.05) is 0 Å². The maximum atomic E-state index is 7.16. The Balaban J connectivity index is 3.29. The Kier molecular flexibility index (Phi) is 4.15. The van der Waals surface area contributed by atoms with Gasteiger partial charge in [-0.25, -0.2) is 0 Å². The van der Waals surface area contributed by atoms with E-state index in [9.17, 15) is 0 Å². The third kappa shape index (κ3) is 2.46. The summed E-state index contributed by atoms with van der Waals surface area (Å²) in [6.45, 7) is 13.8. The van der Waals surface area contributed by atoms with Crippen LogP contribution < -0.4 is 0 Å². The van der Waals surface area contributed by atoms with Crippen molar-refractivity contribution >= 4 is 18.5 Å². The molecule has 0 aromatic heterocycles. The molecule has 0 saturated carbocycles. The lowest BCUT2D eigenvalue weighted by molar-refractivity contribution is 0.625. The van der Waals surface area contributed by atoms with Gasteiger partial charge in [0.25, 0.3) is 0 Å². The zero-order valence-electron chi connectivity index (χ0n) is 12.0. The monoisotopic (exact) mass is 268 g/mol. The van der Waals surface area contributed by atoms with Crippen LogP contribution in [0.4, 0.5) is 0 Å². The fourth-order valence-electron chi connectivity index (χ4n) is 2.99. The van der Waals surface area contributed by atoms with Gasteiger partial charge in [-0.15, -0.1) is 0 Å². The molecule has 0 heterocycles. The van der Waals surface area contributed by atoms with Crippen molar-refractivity contribution in [3.8, 4) is 0 Å². The Hall–Kier alpha value is -0.273. The average molecular weight is 269 g/mol. The second kappa shape index (κ2) is 4.77. The molecule has 0 amide bonds. The number of rotatable bonds is 3. The van der Waals surface area contributed by atoms with E-state index >= 15 is 0 Å². The van der Waals surface area contributed by atoms with Gasteiger partial charge in [-0.3, -0.25) is 0 Å². The predicted molar refractivity (Wildman–Crippen MR) is 81.3 cm³/mol. The Morgan fingerprint density at radius 3 is 1.82 bits per heavy atom. The molecule has 0 bridgehead atoms. The summed E-state index contributed by atoms with van der Waals surface area (Å²) in [5.74, 6) is 0. The maximum absolute atomic E-state index is 7.16. The molecule has 1 aromatic carbocycles. The molecular weight excluding hydrogens is 244 g/mol. The second-order valence-electron chi connectivity index (χ2n) is 6.40. The van der Waals surface area contributed by atoms with Crippen LogP contribution in [0.2, 0.25) is 11.1 Å². The summed E-state index contributed by atoms with van der Waals surface area (Å²) < 4.78 is 0. The number of halogens is 1. The van der Waals surface area contributed by atoms with Gasteiger partial charge in [-0.2, -0.15) is 11.1 Å². The van der Waals surface area contributed by atoms with Gasteiger partial charge in [-0.1, -0.05) is 71.9 Å². The maximum Gasteiger partial charge on any atom is 0.171 e. The minimum absolute atomic E-state index is 0.0861. The van der Waals surface area contributed by atoms with Gasteiger partial charge < -0.3 is 0 Å². The van der Waals surface area contributed by atoms with Gasteiger partial charge in [0.15, 0.2) is 7.38 Å². The van der Waals surface area contributed by atoms with Crippen LogP contribution in [0.15, 0.2) is 30.3 Å². The molecule has 0 spiro atoms. The molecule has 0 fully saturated rings. The molecule has 1 unspecified atom stereocenters. The third-order valence-corrected chi connectivity index (χ3v) is 13.7. The molecule has 0 aliphatic heterocycles. The van der Waals surface area contributed by atoms with Crippen LogP contribution in [0.5, 0.6) is 0 Å². The van der Waals surface area contributed by atoms with Gasteiger partial charge in [0.1, 0.15) is 0 Å². The molecule has 0 N–H and O–H groups in total. The van der Waals surface area contributed by atoms with Crippen molar-refractivity contribution < 1.29 is 0 Å². The van der Waals surface area contributed by atoms with E-state index < -0.39 is 7.38 Å². The van der Waals surface area contributed by atoms with Crippen LogP contribution in [0.3, 0.4) is 0 Å². The second-order valence-corrected chi connectivity index (χ2v) is 13.4. The van der Waals surface area contributed by atoms with Crippen LogP contribution in [0.25, 0.3) is 0 Å². The summed E-state index contributed by atoms with van der Waals surface area (Å²) in [5, 5.41) is 0.283. The summed E-state index contributed by atoms with van der Waals surface area (Å²) in [6.07, 6.45) is 0. The summed E-state index contributed by atoms with van der Waals surface area (Å²) in [5.41, 5.74) is 1.37. The number of hydrogen-bond donors (Lipinski definition) is 0. The minimum atomic E-state index is -1.92. The Bertz CT molecular complexity index is 364. The van der Waals surface area contributed by atoms with E-state index in [1.54, 1.807) is 0 Å². The molecule has 1 rings (SSSR count). The first-order valence-corrected chi connectivity index (χ1v) is 9.63. The predicted octanol–water partition coefficient (Wildman–Crippen LogP) is 5.51. The zero-order chi connectivity index (χ0) is 13.3. The number of hydrogen-bond acceptors (Lipinski definition) is 0. The molecule has 0 saturated heterocycles. The summed E-state index contributed by atoms with van der Waals surface area (Å²) in [6, 6.07) is 11.8. The molecule has 0 aliphatic rings. The highest BCUT2D eigenvalue weighted by Crippen LogP contribution is 2.52. The van der Waals surface area contributed by atoms with Crippen LogP contribution in [-0.4, -0.2) is 7.38 Å². The van der Waals surface area contributed by atoms with Crippen molar-refractivity contribution in [3.63, 3.8) is 0 Å². The molecule has 0 radical (unpaired) electrons. The summed E-state index contributed by atoms with van der Waals surface area (Å²) in [7, 11) is -1.92. The highest BCUT2D eigenvalue weighted by molar-refractivity contribution is 7.23. The third-order valence-electron chi connectivity index (χ3n) is 4.16. The van der Waals surface area contributed by atoms with E-state index in [1.165, 1.54) is 5.56 Å². The lowest BCUT2D eigenvalue weighted by Gasteiger charge is -2.48. The van der Waals surface area contributed by atoms with E-state index in [0.29, 0.717) is 0 Å². The van der Waals surface area contributed by atoms with Crippen molar-refractivity contribution in [2.45, 2.75) is 57.7 Å². The fourth-order valence-corrected chi connectivity index (χ4v) is 7.76. The van der Waals surface area contributed by atoms with Gasteiger partial charge >= 0.3 is 0 Å². The zero-order valence-corrected chi connectivity index (χ0v) is 13.7. The molecule has 0 aliphatic carbocycles. The Morgan fingerprint density at radius 1 is 1.00 bits per heavy atom. The molecule has 1 atom stereocenters. The van der Waals surface area contributed by atoms with E-state index in [1.807, 2.05) is 0 Å². The molecule has 0 nitrogen and oxygen atoms in total. The first-order valence-electron chi connectivity index (χ1n) is 6.41.